The molecule has 0 saturated heterocycles. The van der Waals surface area contributed by atoms with Gasteiger partial charge in [-0.3, -0.25) is 4.79 Å². The molecular weight excluding hydrogens is 268 g/mol. The van der Waals surface area contributed by atoms with Crippen molar-refractivity contribution in [2.75, 3.05) is 0 Å². The van der Waals surface area contributed by atoms with Crippen molar-refractivity contribution in [3.05, 3.63) is 58.6 Å². The first-order valence-corrected chi connectivity index (χ1v) is 7.35. The number of thiophene rings is 1. The second kappa shape index (κ2) is 5.13. The van der Waals surface area contributed by atoms with E-state index in [1.165, 1.54) is 4.88 Å². The van der Waals surface area contributed by atoms with E-state index < -0.39 is 0 Å². The highest BCUT2D eigenvalue weighted by Crippen LogP contribution is 2.27. The Labute approximate surface area is 121 Å². The first-order chi connectivity index (χ1) is 9.65. The summed E-state index contributed by atoms with van der Waals surface area (Å²) in [7, 11) is 1.94. The first kappa shape index (κ1) is 12.9. The monoisotopic (exact) mass is 284 g/mol. The quantitative estimate of drug-likeness (QED) is 0.785. The minimum Gasteiger partial charge on any atom is -0.347 e. The predicted octanol–water partition coefficient (Wildman–Crippen LogP) is 3.48. The molecule has 0 atom stereocenters. The lowest BCUT2D eigenvalue weighted by Crippen LogP contribution is -2.24. The normalized spacial score (nSPS) is 10.9. The molecule has 0 bridgehead atoms. The number of benzene rings is 1. The number of hydrogen-bond donors (Lipinski definition) is 1. The predicted molar refractivity (Wildman–Crippen MR) is 83.1 cm³/mol. The van der Waals surface area contributed by atoms with E-state index in [-0.39, 0.29) is 5.91 Å². The average Bonchev–Trinajstić information content (AvgIpc) is 2.96. The standard InChI is InChI=1S/C16H16N2OS/c1-11-8-13-15(20-11)9-14(18(13)2)16(19)17-10-12-6-4-3-5-7-12/h3-9H,10H2,1-2H3,(H,17,19). The summed E-state index contributed by atoms with van der Waals surface area (Å²) in [6.45, 7) is 2.64. The number of hydrogen-bond acceptors (Lipinski definition) is 2. The van der Waals surface area contributed by atoms with Crippen LogP contribution in [0.2, 0.25) is 0 Å². The third-order valence-electron chi connectivity index (χ3n) is 3.38. The second-order valence-corrected chi connectivity index (χ2v) is 6.15. The lowest BCUT2D eigenvalue weighted by atomic mass is 10.2. The van der Waals surface area contributed by atoms with Gasteiger partial charge >= 0.3 is 0 Å². The number of nitrogens with one attached hydrogen (secondary N) is 1. The Morgan fingerprint density at radius 2 is 2.00 bits per heavy atom. The van der Waals surface area contributed by atoms with Crippen molar-refractivity contribution in [1.82, 2.24) is 9.88 Å². The number of fused-ring (bicyclic) bond motifs is 1. The molecule has 4 heteroatoms. The van der Waals surface area contributed by atoms with Gasteiger partial charge in [-0.25, -0.2) is 0 Å². The van der Waals surface area contributed by atoms with Gasteiger partial charge in [0.05, 0.1) is 10.2 Å². The van der Waals surface area contributed by atoms with Crippen LogP contribution in [-0.2, 0) is 13.6 Å². The Morgan fingerprint density at radius 1 is 1.25 bits per heavy atom. The van der Waals surface area contributed by atoms with Gasteiger partial charge in [-0.05, 0) is 24.6 Å². The summed E-state index contributed by atoms with van der Waals surface area (Å²) in [5.74, 6) is -0.0302. The Morgan fingerprint density at radius 3 is 2.70 bits per heavy atom. The number of nitrogens with zero attached hydrogens (tertiary/aromatic N) is 1. The third-order valence-corrected chi connectivity index (χ3v) is 4.37. The highest BCUT2D eigenvalue weighted by Gasteiger charge is 2.14. The Kier molecular flexibility index (Phi) is 3.32. The van der Waals surface area contributed by atoms with Crippen LogP contribution in [0.1, 0.15) is 20.9 Å². The van der Waals surface area contributed by atoms with E-state index in [1.54, 1.807) is 11.3 Å². The van der Waals surface area contributed by atoms with Gasteiger partial charge in [0, 0.05) is 18.5 Å². The van der Waals surface area contributed by atoms with Gasteiger partial charge in [0.2, 0.25) is 0 Å². The molecule has 2 aromatic heterocycles. The topological polar surface area (TPSA) is 34.0 Å². The van der Waals surface area contributed by atoms with Gasteiger partial charge in [0.25, 0.3) is 5.91 Å². The van der Waals surface area contributed by atoms with Gasteiger partial charge in [0.1, 0.15) is 5.69 Å². The summed E-state index contributed by atoms with van der Waals surface area (Å²) in [6.07, 6.45) is 0. The van der Waals surface area contributed by atoms with Crippen molar-refractivity contribution in [2.45, 2.75) is 13.5 Å². The summed E-state index contributed by atoms with van der Waals surface area (Å²) in [5.41, 5.74) is 2.94. The van der Waals surface area contributed by atoms with Crippen molar-refractivity contribution in [1.29, 1.82) is 0 Å². The van der Waals surface area contributed by atoms with Crippen LogP contribution in [0.5, 0.6) is 0 Å². The van der Waals surface area contributed by atoms with Crippen LogP contribution in [-0.4, -0.2) is 10.5 Å². The highest BCUT2D eigenvalue weighted by atomic mass is 32.1. The molecule has 3 rings (SSSR count). The van der Waals surface area contributed by atoms with Gasteiger partial charge in [-0.15, -0.1) is 11.3 Å². The van der Waals surface area contributed by atoms with Crippen molar-refractivity contribution < 1.29 is 4.79 Å². The zero-order valence-corrected chi connectivity index (χ0v) is 12.3. The molecule has 0 spiro atoms. The van der Waals surface area contributed by atoms with Gasteiger partial charge in [0.15, 0.2) is 0 Å². The number of rotatable bonds is 3. The lowest BCUT2D eigenvalue weighted by molar-refractivity contribution is 0.0943. The maximum Gasteiger partial charge on any atom is 0.268 e. The molecule has 0 aliphatic carbocycles. The fourth-order valence-corrected chi connectivity index (χ4v) is 3.31. The molecule has 0 aliphatic rings. The van der Waals surface area contributed by atoms with Crippen LogP contribution in [0.3, 0.4) is 0 Å². The van der Waals surface area contributed by atoms with Crippen LogP contribution in [0.15, 0.2) is 42.5 Å². The van der Waals surface area contributed by atoms with Crippen molar-refractivity contribution in [3.8, 4) is 0 Å². The smallest absolute Gasteiger partial charge is 0.268 e. The number of amides is 1. The molecule has 0 saturated carbocycles. The maximum atomic E-state index is 12.3. The summed E-state index contributed by atoms with van der Waals surface area (Å²) in [5, 5.41) is 2.97. The number of aromatic nitrogens is 1. The summed E-state index contributed by atoms with van der Waals surface area (Å²) in [6, 6.07) is 14.0. The highest BCUT2D eigenvalue weighted by molar-refractivity contribution is 7.19. The van der Waals surface area contributed by atoms with Crippen molar-refractivity contribution in [2.24, 2.45) is 7.05 Å². The molecule has 0 fully saturated rings. The molecule has 0 aliphatic heterocycles. The molecule has 3 nitrogen and oxygen atoms in total. The molecule has 102 valence electrons. The summed E-state index contributed by atoms with van der Waals surface area (Å²) in [4.78, 5) is 13.5. The summed E-state index contributed by atoms with van der Waals surface area (Å²) < 4.78 is 3.12. The van der Waals surface area contributed by atoms with Gasteiger partial charge in [-0.2, -0.15) is 0 Å². The maximum absolute atomic E-state index is 12.3. The van der Waals surface area contributed by atoms with Crippen LogP contribution >= 0.6 is 11.3 Å². The van der Waals surface area contributed by atoms with Crippen LogP contribution in [0, 0.1) is 6.92 Å². The molecule has 2 heterocycles. The zero-order valence-electron chi connectivity index (χ0n) is 11.5. The fourth-order valence-electron chi connectivity index (χ4n) is 2.32. The van der Waals surface area contributed by atoms with Crippen molar-refractivity contribution in [3.63, 3.8) is 0 Å². The van der Waals surface area contributed by atoms with E-state index in [1.807, 2.05) is 48.0 Å². The molecule has 3 aromatic rings. The molecule has 1 N–H and O–H groups in total. The largest absolute Gasteiger partial charge is 0.347 e. The van der Waals surface area contributed by atoms with Crippen LogP contribution in [0.4, 0.5) is 0 Å². The second-order valence-electron chi connectivity index (χ2n) is 4.86. The van der Waals surface area contributed by atoms with E-state index in [0.29, 0.717) is 12.2 Å². The minimum absolute atomic E-state index is 0.0302. The Balaban J connectivity index is 1.79. The van der Waals surface area contributed by atoms with E-state index >= 15 is 0 Å². The molecule has 1 amide bonds. The SMILES string of the molecule is Cc1cc2c(cc(C(=O)NCc3ccccc3)n2C)s1. The molecular formula is C16H16N2OS. The van der Waals surface area contributed by atoms with Crippen molar-refractivity contribution >= 4 is 27.5 Å². The lowest BCUT2D eigenvalue weighted by Gasteiger charge is -2.06. The average molecular weight is 284 g/mol. The molecule has 0 unspecified atom stereocenters. The summed E-state index contributed by atoms with van der Waals surface area (Å²) >= 11 is 1.72. The molecule has 1 aromatic carbocycles. The van der Waals surface area contributed by atoms with E-state index in [0.717, 1.165) is 15.8 Å². The molecule has 20 heavy (non-hydrogen) atoms. The van der Waals surface area contributed by atoms with E-state index in [4.69, 9.17) is 0 Å². The van der Waals surface area contributed by atoms with Gasteiger partial charge in [-0.1, -0.05) is 30.3 Å². The Hall–Kier alpha value is -2.07. The third kappa shape index (κ3) is 2.34. The Bertz CT molecular complexity index is 755. The molecule has 0 radical (unpaired) electrons. The fraction of sp³-hybridized carbons (Fsp3) is 0.188. The van der Waals surface area contributed by atoms with Crippen LogP contribution < -0.4 is 5.32 Å². The zero-order chi connectivity index (χ0) is 14.1. The van der Waals surface area contributed by atoms with E-state index in [2.05, 4.69) is 18.3 Å². The van der Waals surface area contributed by atoms with Gasteiger partial charge < -0.3 is 9.88 Å². The number of aryl methyl sites for hydroxylation is 2. The number of carbonyl (C=O) groups is 1. The first-order valence-electron chi connectivity index (χ1n) is 6.53. The van der Waals surface area contributed by atoms with Crippen LogP contribution in [0.25, 0.3) is 10.2 Å². The number of carbonyl (C=O) groups excluding carboxylic acids is 1. The van der Waals surface area contributed by atoms with E-state index in [9.17, 15) is 4.79 Å². The minimum atomic E-state index is -0.0302.